The van der Waals surface area contributed by atoms with Crippen LogP contribution in [-0.2, 0) is 10.8 Å². The Morgan fingerprint density at radius 2 is 0.723 bits per heavy atom. The fourth-order valence-corrected chi connectivity index (χ4v) is 11.8. The third-order valence-electron chi connectivity index (χ3n) is 14.7. The molecule has 306 valence electrons. The molecule has 1 nitrogen and oxygen atoms in total. The summed E-state index contributed by atoms with van der Waals surface area (Å²) in [6, 6.07) is 88.1. The molecule has 0 saturated carbocycles. The van der Waals surface area contributed by atoms with Crippen LogP contribution in [0.1, 0.15) is 47.2 Å². The van der Waals surface area contributed by atoms with E-state index >= 15 is 0 Å². The number of rotatable bonds is 6. The Bertz CT molecular complexity index is 3510. The Labute approximate surface area is 381 Å². The molecule has 0 radical (unpaired) electrons. The molecule has 65 heavy (non-hydrogen) atoms. The first-order valence-corrected chi connectivity index (χ1v) is 22.8. The van der Waals surface area contributed by atoms with E-state index < -0.39 is 5.41 Å². The van der Waals surface area contributed by atoms with Crippen LogP contribution in [0.2, 0.25) is 0 Å². The first kappa shape index (κ1) is 37.5. The average Bonchev–Trinajstić information content (AvgIpc) is 3.93. The maximum absolute atomic E-state index is 2.49. The second-order valence-electron chi connectivity index (χ2n) is 18.4. The normalized spacial score (nSPS) is 15.4. The van der Waals surface area contributed by atoms with Gasteiger partial charge in [-0.1, -0.05) is 208 Å². The molecule has 1 unspecified atom stereocenters. The monoisotopic (exact) mass is 827 g/mol. The van der Waals surface area contributed by atoms with E-state index in [1.807, 2.05) is 0 Å². The van der Waals surface area contributed by atoms with Crippen molar-refractivity contribution in [3.05, 3.63) is 270 Å². The molecule has 1 heteroatoms. The first-order valence-electron chi connectivity index (χ1n) is 22.8. The van der Waals surface area contributed by atoms with Crippen LogP contribution in [0.3, 0.4) is 0 Å². The van der Waals surface area contributed by atoms with E-state index in [-0.39, 0.29) is 5.41 Å². The summed E-state index contributed by atoms with van der Waals surface area (Å²) < 4.78 is 0. The molecule has 0 saturated heterocycles. The minimum atomic E-state index is -0.444. The highest BCUT2D eigenvalue weighted by Gasteiger charge is 2.52. The summed E-state index contributed by atoms with van der Waals surface area (Å²) in [6.45, 7) is 4.72. The minimum absolute atomic E-state index is 0.114. The van der Waals surface area contributed by atoms with E-state index in [4.69, 9.17) is 0 Å². The maximum atomic E-state index is 2.49. The smallest absolute Gasteiger partial charge is 0.0725 e. The van der Waals surface area contributed by atoms with Crippen LogP contribution < -0.4 is 4.90 Å². The van der Waals surface area contributed by atoms with Gasteiger partial charge in [0.15, 0.2) is 0 Å². The standard InChI is InChI=1S/C64H45N/c1-63(2)56-27-12-9-23-51(56)53-38-36-49(41-60(53)63)65(48-22-15-21-45(39-48)42-17-5-3-6-18-42)47-34-31-43(32-35-47)46-33-37-54-52-24-10-13-28-57(52)64(61(54)40-46)58-29-14-11-25-55(58)62-50(26-16-30-59(62)64)44-19-7-4-8-20-44/h3-41H,1-2H3. The minimum Gasteiger partial charge on any atom is -0.310 e. The zero-order valence-electron chi connectivity index (χ0n) is 36.5. The molecule has 10 aromatic rings. The van der Waals surface area contributed by atoms with Gasteiger partial charge >= 0.3 is 0 Å². The molecule has 0 bridgehead atoms. The Kier molecular flexibility index (Phi) is 8.24. The van der Waals surface area contributed by atoms with E-state index in [2.05, 4.69) is 255 Å². The Balaban J connectivity index is 0.956. The molecule has 0 aromatic heterocycles. The maximum Gasteiger partial charge on any atom is 0.0725 e. The Hall–Kier alpha value is -8.00. The summed E-state index contributed by atoms with van der Waals surface area (Å²) in [5.41, 5.74) is 26.2. The molecule has 10 aromatic carbocycles. The summed E-state index contributed by atoms with van der Waals surface area (Å²) >= 11 is 0. The van der Waals surface area contributed by atoms with Crippen molar-refractivity contribution in [3.8, 4) is 66.8 Å². The second-order valence-corrected chi connectivity index (χ2v) is 18.4. The molecule has 0 amide bonds. The van der Waals surface area contributed by atoms with Crippen molar-refractivity contribution in [2.45, 2.75) is 24.7 Å². The number of benzene rings is 10. The van der Waals surface area contributed by atoms with Crippen LogP contribution in [0.25, 0.3) is 66.8 Å². The zero-order chi connectivity index (χ0) is 43.3. The largest absolute Gasteiger partial charge is 0.310 e. The molecule has 13 rings (SSSR count). The van der Waals surface area contributed by atoms with Gasteiger partial charge in [-0.3, -0.25) is 0 Å². The quantitative estimate of drug-likeness (QED) is 0.161. The lowest BCUT2D eigenvalue weighted by Gasteiger charge is -2.31. The number of fused-ring (bicyclic) bond motifs is 13. The summed E-state index contributed by atoms with van der Waals surface area (Å²) in [5.74, 6) is 0. The van der Waals surface area contributed by atoms with Gasteiger partial charge in [0.2, 0.25) is 0 Å². The molecule has 0 heterocycles. The van der Waals surface area contributed by atoms with E-state index in [1.165, 1.54) is 100 Å². The van der Waals surface area contributed by atoms with Crippen LogP contribution in [0.5, 0.6) is 0 Å². The number of nitrogens with zero attached hydrogens (tertiary/aromatic N) is 1. The summed E-state index contributed by atoms with van der Waals surface area (Å²) in [7, 11) is 0. The summed E-state index contributed by atoms with van der Waals surface area (Å²) in [5, 5.41) is 0. The van der Waals surface area contributed by atoms with Crippen LogP contribution in [0.15, 0.2) is 237 Å². The van der Waals surface area contributed by atoms with Crippen molar-refractivity contribution in [2.75, 3.05) is 4.90 Å². The van der Waals surface area contributed by atoms with Crippen molar-refractivity contribution in [3.63, 3.8) is 0 Å². The first-order chi connectivity index (χ1) is 32.0. The highest BCUT2D eigenvalue weighted by molar-refractivity contribution is 6.00. The predicted octanol–water partition coefficient (Wildman–Crippen LogP) is 16.8. The third kappa shape index (κ3) is 5.46. The van der Waals surface area contributed by atoms with E-state index in [9.17, 15) is 0 Å². The molecule has 3 aliphatic rings. The molecule has 0 fully saturated rings. The third-order valence-corrected chi connectivity index (χ3v) is 14.7. The molecule has 0 N–H and O–H groups in total. The summed E-state index contributed by atoms with van der Waals surface area (Å²) in [6.07, 6.45) is 0. The number of anilines is 3. The van der Waals surface area contributed by atoms with Crippen molar-refractivity contribution in [1.82, 2.24) is 0 Å². The molecule has 3 aliphatic carbocycles. The van der Waals surface area contributed by atoms with Crippen molar-refractivity contribution in [1.29, 1.82) is 0 Å². The van der Waals surface area contributed by atoms with E-state index in [0.29, 0.717) is 0 Å². The fraction of sp³-hybridized carbons (Fsp3) is 0.0625. The van der Waals surface area contributed by atoms with E-state index in [0.717, 1.165) is 17.1 Å². The Morgan fingerprint density at radius 1 is 0.262 bits per heavy atom. The van der Waals surface area contributed by atoms with Crippen molar-refractivity contribution >= 4 is 17.1 Å². The van der Waals surface area contributed by atoms with Crippen molar-refractivity contribution < 1.29 is 0 Å². The lowest BCUT2D eigenvalue weighted by Crippen LogP contribution is -2.25. The second kappa shape index (κ2) is 14.3. The van der Waals surface area contributed by atoms with Crippen LogP contribution >= 0.6 is 0 Å². The van der Waals surface area contributed by atoms with Crippen LogP contribution in [0, 0.1) is 0 Å². The number of hydrogen-bond donors (Lipinski definition) is 0. The van der Waals surface area contributed by atoms with Gasteiger partial charge in [-0.2, -0.15) is 0 Å². The highest BCUT2D eigenvalue weighted by Crippen LogP contribution is 2.64. The average molecular weight is 828 g/mol. The van der Waals surface area contributed by atoms with Gasteiger partial charge in [0, 0.05) is 22.5 Å². The van der Waals surface area contributed by atoms with Crippen LogP contribution in [0.4, 0.5) is 17.1 Å². The molecular weight excluding hydrogens is 783 g/mol. The molecular formula is C64H45N. The number of hydrogen-bond acceptors (Lipinski definition) is 1. The van der Waals surface area contributed by atoms with Gasteiger partial charge in [0.1, 0.15) is 0 Å². The van der Waals surface area contributed by atoms with Gasteiger partial charge in [-0.05, 0) is 143 Å². The van der Waals surface area contributed by atoms with Gasteiger partial charge in [0.05, 0.1) is 5.41 Å². The topological polar surface area (TPSA) is 3.24 Å². The highest BCUT2D eigenvalue weighted by atomic mass is 15.1. The molecule has 0 aliphatic heterocycles. The van der Waals surface area contributed by atoms with Gasteiger partial charge in [0.25, 0.3) is 0 Å². The lowest BCUT2D eigenvalue weighted by molar-refractivity contribution is 0.660. The van der Waals surface area contributed by atoms with Crippen molar-refractivity contribution in [2.24, 2.45) is 0 Å². The fourth-order valence-electron chi connectivity index (χ4n) is 11.8. The lowest BCUT2D eigenvalue weighted by atomic mass is 9.70. The molecule has 1 atom stereocenters. The van der Waals surface area contributed by atoms with Gasteiger partial charge < -0.3 is 4.90 Å². The van der Waals surface area contributed by atoms with Gasteiger partial charge in [-0.15, -0.1) is 0 Å². The van der Waals surface area contributed by atoms with E-state index in [1.54, 1.807) is 0 Å². The zero-order valence-corrected chi connectivity index (χ0v) is 36.5. The summed E-state index contributed by atoms with van der Waals surface area (Å²) in [4.78, 5) is 2.43. The Morgan fingerprint density at radius 3 is 1.48 bits per heavy atom. The SMILES string of the molecule is CC1(C)c2ccccc2-c2ccc(N(c3ccc(-c4ccc5c(c4)C4(c6ccccc6-5)c5ccccc5-c5c(-c6ccccc6)cccc54)cc3)c3cccc(-c4ccccc4)c3)cc21. The predicted molar refractivity (Wildman–Crippen MR) is 271 cm³/mol. The molecule has 1 spiro atoms. The van der Waals surface area contributed by atoms with Crippen LogP contribution in [-0.4, -0.2) is 0 Å². The van der Waals surface area contributed by atoms with Gasteiger partial charge in [-0.25, -0.2) is 0 Å².